The third-order valence-corrected chi connectivity index (χ3v) is 3.43. The van der Waals surface area contributed by atoms with Crippen LogP contribution in [0.2, 0.25) is 0 Å². The largest absolute Gasteiger partial charge is 0.417 e. The van der Waals surface area contributed by atoms with Gasteiger partial charge in [-0.25, -0.2) is 0 Å². The third kappa shape index (κ3) is 2.49. The number of halogens is 3. The van der Waals surface area contributed by atoms with Gasteiger partial charge in [-0.05, 0) is 24.0 Å². The fourth-order valence-electron chi connectivity index (χ4n) is 2.32. The summed E-state index contributed by atoms with van der Waals surface area (Å²) in [6, 6.07) is 4.03. The summed E-state index contributed by atoms with van der Waals surface area (Å²) in [5.74, 6) is -0.730. The van der Waals surface area contributed by atoms with Gasteiger partial charge in [-0.3, -0.25) is 4.79 Å². The van der Waals surface area contributed by atoms with E-state index in [1.807, 2.05) is 0 Å². The van der Waals surface area contributed by atoms with Gasteiger partial charge in [-0.2, -0.15) is 13.2 Å². The monoisotopic (exact) mass is 257 g/mol. The molecule has 1 aliphatic rings. The van der Waals surface area contributed by atoms with Crippen molar-refractivity contribution in [2.45, 2.75) is 31.9 Å². The Kier molecular flexibility index (Phi) is 3.32. The van der Waals surface area contributed by atoms with Gasteiger partial charge in [0.1, 0.15) is 0 Å². The molecular weight excluding hydrogens is 243 g/mol. The second-order valence-corrected chi connectivity index (χ2v) is 4.70. The molecule has 2 N–H and O–H groups in total. The molecule has 18 heavy (non-hydrogen) atoms. The van der Waals surface area contributed by atoms with E-state index in [2.05, 4.69) is 0 Å². The molecule has 0 aliphatic heterocycles. The molecular formula is C13H14F3NO. The number of carbonyl (C=O) groups is 1. The van der Waals surface area contributed by atoms with Gasteiger partial charge in [0.2, 0.25) is 5.91 Å². The van der Waals surface area contributed by atoms with Crippen LogP contribution in [0, 0.1) is 5.92 Å². The maximum Gasteiger partial charge on any atom is 0.417 e. The van der Waals surface area contributed by atoms with Gasteiger partial charge in [0.25, 0.3) is 0 Å². The van der Waals surface area contributed by atoms with E-state index in [0.717, 1.165) is 25.3 Å². The lowest BCUT2D eigenvalue weighted by Crippen LogP contribution is -2.23. The second kappa shape index (κ2) is 4.63. The van der Waals surface area contributed by atoms with Crippen molar-refractivity contribution in [1.82, 2.24) is 0 Å². The first-order valence-electron chi connectivity index (χ1n) is 5.88. The Labute approximate surface area is 103 Å². The minimum Gasteiger partial charge on any atom is -0.366 e. The highest BCUT2D eigenvalue weighted by Gasteiger charge is 2.38. The van der Waals surface area contributed by atoms with Crippen molar-refractivity contribution < 1.29 is 18.0 Å². The van der Waals surface area contributed by atoms with Crippen molar-refractivity contribution in [3.8, 4) is 0 Å². The smallest absolute Gasteiger partial charge is 0.366 e. The predicted octanol–water partition coefficient (Wildman–Crippen LogP) is 3.15. The number of benzene rings is 1. The van der Waals surface area contributed by atoms with Crippen LogP contribution in [0.1, 0.15) is 40.7 Å². The van der Waals surface area contributed by atoms with Crippen LogP contribution in [-0.2, 0) is 12.6 Å². The van der Waals surface area contributed by atoms with Gasteiger partial charge in [0.05, 0.1) is 11.1 Å². The summed E-state index contributed by atoms with van der Waals surface area (Å²) in [4.78, 5) is 11.1. The molecule has 0 radical (unpaired) electrons. The quantitative estimate of drug-likeness (QED) is 0.888. The van der Waals surface area contributed by atoms with Crippen molar-refractivity contribution in [2.24, 2.45) is 11.7 Å². The van der Waals surface area contributed by atoms with Gasteiger partial charge < -0.3 is 5.73 Å². The van der Waals surface area contributed by atoms with Gasteiger partial charge in [-0.15, -0.1) is 0 Å². The highest BCUT2D eigenvalue weighted by Crippen LogP contribution is 2.38. The predicted molar refractivity (Wildman–Crippen MR) is 61.0 cm³/mol. The molecule has 1 fully saturated rings. The average molecular weight is 257 g/mol. The molecule has 1 saturated carbocycles. The van der Waals surface area contributed by atoms with Crippen molar-refractivity contribution in [2.75, 3.05) is 0 Å². The number of nitrogens with two attached hydrogens (primary N) is 1. The maximum absolute atomic E-state index is 13.0. The number of amides is 1. The Bertz CT molecular complexity index is 464. The van der Waals surface area contributed by atoms with E-state index >= 15 is 0 Å². The number of alkyl halides is 3. The van der Waals surface area contributed by atoms with E-state index in [1.54, 1.807) is 0 Å². The Balaban J connectivity index is 2.43. The standard InChI is InChI=1S/C13H14F3NO/c14-13(15,16)11-9(7-8-3-1-4-8)5-2-6-10(11)12(17)18/h2,5-6,8H,1,3-4,7H2,(H2,17,18). The summed E-state index contributed by atoms with van der Waals surface area (Å²) in [6.45, 7) is 0. The SMILES string of the molecule is NC(=O)c1cccc(CC2CCC2)c1C(F)(F)F. The highest BCUT2D eigenvalue weighted by molar-refractivity contribution is 5.94. The van der Waals surface area contributed by atoms with Crippen LogP contribution in [0.15, 0.2) is 18.2 Å². The second-order valence-electron chi connectivity index (χ2n) is 4.70. The molecule has 98 valence electrons. The number of primary amides is 1. The Hall–Kier alpha value is -1.52. The first-order valence-corrected chi connectivity index (χ1v) is 5.88. The van der Waals surface area contributed by atoms with Crippen molar-refractivity contribution in [3.05, 3.63) is 34.9 Å². The van der Waals surface area contributed by atoms with Crippen LogP contribution < -0.4 is 5.73 Å². The summed E-state index contributed by atoms with van der Waals surface area (Å²) in [6.07, 6.45) is -1.18. The minimum atomic E-state index is -4.54. The first kappa shape index (κ1) is 12.9. The van der Waals surface area contributed by atoms with Crippen LogP contribution in [0.25, 0.3) is 0 Å². The molecule has 1 aromatic carbocycles. The maximum atomic E-state index is 13.0. The topological polar surface area (TPSA) is 43.1 Å². The molecule has 1 aromatic rings. The fourth-order valence-corrected chi connectivity index (χ4v) is 2.32. The van der Waals surface area contributed by atoms with E-state index in [4.69, 9.17) is 5.73 Å². The van der Waals surface area contributed by atoms with Crippen molar-refractivity contribution >= 4 is 5.91 Å². The number of hydrogen-bond acceptors (Lipinski definition) is 1. The zero-order valence-electron chi connectivity index (χ0n) is 9.76. The summed E-state index contributed by atoms with van der Waals surface area (Å²) >= 11 is 0. The van der Waals surface area contributed by atoms with Gasteiger partial charge in [-0.1, -0.05) is 31.4 Å². The summed E-state index contributed by atoms with van der Waals surface area (Å²) in [5.41, 5.74) is 3.91. The highest BCUT2D eigenvalue weighted by atomic mass is 19.4. The Morgan fingerprint density at radius 2 is 2.00 bits per heavy atom. The Morgan fingerprint density at radius 3 is 2.44 bits per heavy atom. The molecule has 0 heterocycles. The van der Waals surface area contributed by atoms with Crippen LogP contribution in [0.4, 0.5) is 13.2 Å². The molecule has 1 aliphatic carbocycles. The minimum absolute atomic E-state index is 0.184. The zero-order chi connectivity index (χ0) is 13.3. The molecule has 5 heteroatoms. The normalized spacial score (nSPS) is 16.4. The first-order chi connectivity index (χ1) is 8.39. The van der Waals surface area contributed by atoms with Gasteiger partial charge >= 0.3 is 6.18 Å². The molecule has 0 bridgehead atoms. The summed E-state index contributed by atoms with van der Waals surface area (Å²) < 4.78 is 39.1. The van der Waals surface area contributed by atoms with Crippen molar-refractivity contribution in [1.29, 1.82) is 0 Å². The lowest BCUT2D eigenvalue weighted by Gasteiger charge is -2.27. The van der Waals surface area contributed by atoms with E-state index in [-0.39, 0.29) is 5.56 Å². The van der Waals surface area contributed by atoms with E-state index in [9.17, 15) is 18.0 Å². The van der Waals surface area contributed by atoms with Gasteiger partial charge in [0.15, 0.2) is 0 Å². The number of carbonyl (C=O) groups excluding carboxylic acids is 1. The van der Waals surface area contributed by atoms with Crippen LogP contribution >= 0.6 is 0 Å². The fraction of sp³-hybridized carbons (Fsp3) is 0.462. The summed E-state index contributed by atoms with van der Waals surface area (Å²) in [5, 5.41) is 0. The Morgan fingerprint density at radius 1 is 1.33 bits per heavy atom. The summed E-state index contributed by atoms with van der Waals surface area (Å²) in [7, 11) is 0. The molecule has 2 nitrogen and oxygen atoms in total. The van der Waals surface area contributed by atoms with E-state index in [0.29, 0.717) is 12.3 Å². The van der Waals surface area contributed by atoms with Crippen LogP contribution in [-0.4, -0.2) is 5.91 Å². The molecule has 0 unspecified atom stereocenters. The lowest BCUT2D eigenvalue weighted by atomic mass is 9.79. The number of rotatable bonds is 3. The average Bonchev–Trinajstić information content (AvgIpc) is 2.21. The van der Waals surface area contributed by atoms with Crippen molar-refractivity contribution in [3.63, 3.8) is 0 Å². The van der Waals surface area contributed by atoms with Gasteiger partial charge in [0, 0.05) is 0 Å². The molecule has 1 amide bonds. The molecule has 0 atom stereocenters. The third-order valence-electron chi connectivity index (χ3n) is 3.43. The van der Waals surface area contributed by atoms with E-state index in [1.165, 1.54) is 12.1 Å². The molecule has 0 spiro atoms. The molecule has 0 saturated heterocycles. The zero-order valence-corrected chi connectivity index (χ0v) is 9.76. The molecule has 0 aromatic heterocycles. The van der Waals surface area contributed by atoms with Crippen LogP contribution in [0.5, 0.6) is 0 Å². The van der Waals surface area contributed by atoms with E-state index < -0.39 is 23.2 Å². The lowest BCUT2D eigenvalue weighted by molar-refractivity contribution is -0.138. The number of hydrogen-bond donors (Lipinski definition) is 1. The molecule has 2 rings (SSSR count). The van der Waals surface area contributed by atoms with Crippen LogP contribution in [0.3, 0.4) is 0 Å².